The summed E-state index contributed by atoms with van der Waals surface area (Å²) in [4.78, 5) is 38.1. The first-order valence-electron chi connectivity index (χ1n) is 11.0. The van der Waals surface area contributed by atoms with E-state index in [-0.39, 0.29) is 29.3 Å². The van der Waals surface area contributed by atoms with Crippen molar-refractivity contribution in [2.75, 3.05) is 5.75 Å². The number of hydrogen-bond donors (Lipinski definition) is 1. The molecule has 0 heterocycles. The molecule has 1 aliphatic carbocycles. The van der Waals surface area contributed by atoms with Crippen molar-refractivity contribution in [2.45, 2.75) is 57.0 Å². The van der Waals surface area contributed by atoms with Crippen molar-refractivity contribution in [3.05, 3.63) is 74.2 Å². The van der Waals surface area contributed by atoms with Crippen molar-refractivity contribution in [2.24, 2.45) is 0 Å². The van der Waals surface area contributed by atoms with Crippen LogP contribution < -0.4 is 5.32 Å². The maximum atomic E-state index is 13.2. The molecule has 3 rings (SSSR count). The van der Waals surface area contributed by atoms with Crippen LogP contribution in [0.4, 0.5) is 5.69 Å². The fraction of sp³-hybridized carbons (Fsp3) is 0.417. The molecule has 2 amide bonds. The highest BCUT2D eigenvalue weighted by Crippen LogP contribution is 2.21. The van der Waals surface area contributed by atoms with Gasteiger partial charge in [0.15, 0.2) is 0 Å². The Morgan fingerprint density at radius 2 is 1.73 bits per heavy atom. The summed E-state index contributed by atoms with van der Waals surface area (Å²) in [6.07, 6.45) is 4.23. The van der Waals surface area contributed by atoms with Crippen molar-refractivity contribution in [1.29, 1.82) is 0 Å². The van der Waals surface area contributed by atoms with Crippen LogP contribution in [0.1, 0.15) is 43.7 Å². The van der Waals surface area contributed by atoms with Gasteiger partial charge in [-0.25, -0.2) is 0 Å². The summed E-state index contributed by atoms with van der Waals surface area (Å²) in [7, 11) is 0. The largest absolute Gasteiger partial charge is 0.352 e. The highest BCUT2D eigenvalue weighted by molar-refractivity contribution is 9.10. The van der Waals surface area contributed by atoms with Crippen LogP contribution in [0.3, 0.4) is 0 Å². The number of nitro benzene ring substituents is 1. The second kappa shape index (κ2) is 12.2. The highest BCUT2D eigenvalue weighted by Gasteiger charge is 2.28. The molecule has 0 spiro atoms. The molecule has 1 N–H and O–H groups in total. The van der Waals surface area contributed by atoms with E-state index in [0.29, 0.717) is 12.3 Å². The molecule has 9 heteroatoms. The molecule has 0 unspecified atom stereocenters. The number of halogens is 1. The summed E-state index contributed by atoms with van der Waals surface area (Å²) >= 11 is 4.86. The molecule has 1 saturated carbocycles. The Bertz CT molecular complexity index is 963. The molecule has 1 fully saturated rings. The molecule has 2 aromatic rings. The number of amides is 2. The van der Waals surface area contributed by atoms with Crippen LogP contribution in [0.2, 0.25) is 0 Å². The van der Waals surface area contributed by atoms with Crippen LogP contribution in [0.5, 0.6) is 0 Å². The number of non-ortho nitro benzene ring substituents is 1. The number of nitro groups is 1. The zero-order valence-electron chi connectivity index (χ0n) is 18.5. The van der Waals surface area contributed by atoms with Gasteiger partial charge in [0.25, 0.3) is 5.69 Å². The van der Waals surface area contributed by atoms with Gasteiger partial charge in [-0.2, -0.15) is 0 Å². The predicted octanol–water partition coefficient (Wildman–Crippen LogP) is 5.07. The standard InChI is InChI=1S/C24H28BrN3O4S/c1-17(24(30)26-21-4-2-3-5-21)27(14-18-6-10-20(25)11-7-18)23(29)16-33-15-19-8-12-22(13-9-19)28(31)32/h6-13,17,21H,2-5,14-16H2,1H3,(H,26,30)/t17-/m0/s1. The monoisotopic (exact) mass is 533 g/mol. The smallest absolute Gasteiger partial charge is 0.269 e. The fourth-order valence-electron chi connectivity index (χ4n) is 3.81. The first-order valence-corrected chi connectivity index (χ1v) is 12.9. The van der Waals surface area contributed by atoms with Crippen molar-refractivity contribution in [1.82, 2.24) is 10.2 Å². The number of nitrogens with one attached hydrogen (secondary N) is 1. The Kier molecular flexibility index (Phi) is 9.31. The molecular formula is C24H28BrN3O4S. The van der Waals surface area contributed by atoms with Gasteiger partial charge < -0.3 is 10.2 Å². The number of carbonyl (C=O) groups excluding carboxylic acids is 2. The van der Waals surface area contributed by atoms with E-state index in [1.165, 1.54) is 23.9 Å². The summed E-state index contributed by atoms with van der Waals surface area (Å²) in [5, 5.41) is 13.9. The molecule has 1 atom stereocenters. The number of thioether (sulfide) groups is 1. The normalized spacial score (nSPS) is 14.6. The third-order valence-corrected chi connectivity index (χ3v) is 7.29. The number of rotatable bonds is 10. The van der Waals surface area contributed by atoms with Crippen LogP contribution >= 0.6 is 27.7 Å². The molecule has 1 aliphatic rings. The second-order valence-electron chi connectivity index (χ2n) is 8.23. The van der Waals surface area contributed by atoms with Gasteiger partial charge in [0, 0.05) is 34.9 Å². The molecule has 0 radical (unpaired) electrons. The topological polar surface area (TPSA) is 92.6 Å². The minimum absolute atomic E-state index is 0.0441. The van der Waals surface area contributed by atoms with E-state index < -0.39 is 11.0 Å². The van der Waals surface area contributed by atoms with Crippen molar-refractivity contribution in [3.8, 4) is 0 Å². The first-order chi connectivity index (χ1) is 15.8. The lowest BCUT2D eigenvalue weighted by atomic mass is 10.1. The average molecular weight is 534 g/mol. The number of carbonyl (C=O) groups is 2. The third-order valence-electron chi connectivity index (χ3n) is 5.78. The summed E-state index contributed by atoms with van der Waals surface area (Å²) in [6, 6.07) is 13.7. The van der Waals surface area contributed by atoms with E-state index in [9.17, 15) is 19.7 Å². The van der Waals surface area contributed by atoms with Gasteiger partial charge in [0.1, 0.15) is 6.04 Å². The van der Waals surface area contributed by atoms with Gasteiger partial charge in [0.05, 0.1) is 10.7 Å². The highest BCUT2D eigenvalue weighted by atomic mass is 79.9. The zero-order valence-corrected chi connectivity index (χ0v) is 20.9. The third kappa shape index (κ3) is 7.57. The van der Waals surface area contributed by atoms with Gasteiger partial charge in [-0.15, -0.1) is 11.8 Å². The van der Waals surface area contributed by atoms with Crippen LogP contribution in [-0.2, 0) is 21.9 Å². The van der Waals surface area contributed by atoms with Gasteiger partial charge in [-0.1, -0.05) is 53.0 Å². The summed E-state index contributed by atoms with van der Waals surface area (Å²) < 4.78 is 0.954. The van der Waals surface area contributed by atoms with Crippen molar-refractivity contribution in [3.63, 3.8) is 0 Å². The lowest BCUT2D eigenvalue weighted by Gasteiger charge is -2.29. The number of hydrogen-bond acceptors (Lipinski definition) is 5. The molecule has 0 bridgehead atoms. The SMILES string of the molecule is C[C@@H](C(=O)NC1CCCC1)N(Cc1ccc(Br)cc1)C(=O)CSCc1ccc([N+](=O)[O-])cc1. The molecule has 7 nitrogen and oxygen atoms in total. The maximum absolute atomic E-state index is 13.2. The van der Waals surface area contributed by atoms with E-state index in [4.69, 9.17) is 0 Å². The van der Waals surface area contributed by atoms with Crippen molar-refractivity contribution >= 4 is 45.2 Å². The number of benzene rings is 2. The van der Waals surface area contributed by atoms with Gasteiger partial charge >= 0.3 is 0 Å². The molecular weight excluding hydrogens is 506 g/mol. The van der Waals surface area contributed by atoms with Crippen molar-refractivity contribution < 1.29 is 14.5 Å². The first kappa shape index (κ1) is 25.2. The zero-order chi connectivity index (χ0) is 23.8. The molecule has 176 valence electrons. The minimum atomic E-state index is -0.582. The summed E-state index contributed by atoms with van der Waals surface area (Å²) in [5.74, 6) is 0.541. The molecule has 0 aromatic heterocycles. The Morgan fingerprint density at radius 1 is 1.12 bits per heavy atom. The van der Waals surface area contributed by atoms with Gasteiger partial charge in [-0.05, 0) is 43.0 Å². The Labute approximate surface area is 206 Å². The molecule has 2 aromatic carbocycles. The quantitative estimate of drug-likeness (QED) is 0.340. The maximum Gasteiger partial charge on any atom is 0.269 e. The van der Waals surface area contributed by atoms with Crippen LogP contribution in [0.15, 0.2) is 53.0 Å². The Morgan fingerprint density at radius 3 is 2.33 bits per heavy atom. The van der Waals surface area contributed by atoms with E-state index in [1.807, 2.05) is 24.3 Å². The van der Waals surface area contributed by atoms with Crippen LogP contribution in [0, 0.1) is 10.1 Å². The fourth-order valence-corrected chi connectivity index (χ4v) is 4.95. The van der Waals surface area contributed by atoms with Crippen LogP contribution in [-0.4, -0.2) is 39.5 Å². The Balaban J connectivity index is 1.63. The van der Waals surface area contributed by atoms with E-state index >= 15 is 0 Å². The van der Waals surface area contributed by atoms with E-state index in [2.05, 4.69) is 21.2 Å². The Hall–Kier alpha value is -2.39. The lowest BCUT2D eigenvalue weighted by Crippen LogP contribution is -2.50. The molecule has 33 heavy (non-hydrogen) atoms. The molecule has 0 aliphatic heterocycles. The lowest BCUT2D eigenvalue weighted by molar-refractivity contribution is -0.384. The summed E-state index contributed by atoms with van der Waals surface area (Å²) in [5.41, 5.74) is 1.90. The average Bonchev–Trinajstić information content (AvgIpc) is 3.31. The minimum Gasteiger partial charge on any atom is -0.352 e. The van der Waals surface area contributed by atoms with E-state index in [0.717, 1.165) is 41.3 Å². The number of nitrogens with zero attached hydrogens (tertiary/aromatic N) is 2. The van der Waals surface area contributed by atoms with Gasteiger partial charge in [0.2, 0.25) is 11.8 Å². The van der Waals surface area contributed by atoms with Crippen LogP contribution in [0.25, 0.3) is 0 Å². The van der Waals surface area contributed by atoms with Gasteiger partial charge in [-0.3, -0.25) is 19.7 Å². The predicted molar refractivity (Wildman–Crippen MR) is 134 cm³/mol. The molecule has 0 saturated heterocycles. The summed E-state index contributed by atoms with van der Waals surface area (Å²) in [6.45, 7) is 2.13. The second-order valence-corrected chi connectivity index (χ2v) is 10.1. The van der Waals surface area contributed by atoms with E-state index in [1.54, 1.807) is 24.0 Å².